The van der Waals surface area contributed by atoms with E-state index in [9.17, 15) is 14.7 Å². The fourth-order valence-corrected chi connectivity index (χ4v) is 8.68. The van der Waals surface area contributed by atoms with Crippen molar-refractivity contribution < 1.29 is 19.4 Å². The van der Waals surface area contributed by atoms with E-state index in [-0.39, 0.29) is 11.8 Å². The largest absolute Gasteiger partial charge is 0.478 e. The first-order chi connectivity index (χ1) is 15.3. The number of hydrogen-bond donors (Lipinski definition) is 1. The molecule has 0 aromatic heterocycles. The third-order valence-corrected chi connectivity index (χ3v) is 10.4. The number of carbonyl (C=O) groups excluding carboxylic acids is 1. The van der Waals surface area contributed by atoms with E-state index in [0.717, 1.165) is 38.3 Å². The quantitative estimate of drug-likeness (QED) is 0.263. The number of rotatable bonds is 7. The average Bonchev–Trinajstić information content (AvgIpc) is 2.76. The SMILES string of the molecule is CCOC(=O)/C(=C\C(=O)O)[Si](c1ccc(C)cc1)(c1ccc(C)cc1)c1ccc(C)cc1. The molecular formula is C27H28O4Si. The lowest BCUT2D eigenvalue weighted by atomic mass is 10.2. The lowest BCUT2D eigenvalue weighted by Gasteiger charge is -2.35. The first kappa shape index (κ1) is 23.2. The van der Waals surface area contributed by atoms with Crippen LogP contribution in [0.25, 0.3) is 0 Å². The topological polar surface area (TPSA) is 63.6 Å². The Balaban J connectivity index is 2.51. The molecule has 32 heavy (non-hydrogen) atoms. The van der Waals surface area contributed by atoms with Crippen LogP contribution in [-0.2, 0) is 14.3 Å². The molecule has 0 aliphatic heterocycles. The fourth-order valence-electron chi connectivity index (χ4n) is 4.03. The normalized spacial score (nSPS) is 11.8. The van der Waals surface area contributed by atoms with Crippen LogP contribution < -0.4 is 15.6 Å². The Labute approximate surface area is 190 Å². The van der Waals surface area contributed by atoms with Crippen molar-refractivity contribution in [2.24, 2.45) is 0 Å². The molecule has 0 saturated carbocycles. The number of esters is 1. The van der Waals surface area contributed by atoms with E-state index in [1.807, 2.05) is 93.6 Å². The van der Waals surface area contributed by atoms with Gasteiger partial charge in [0.15, 0.2) is 8.07 Å². The summed E-state index contributed by atoms with van der Waals surface area (Å²) in [5.41, 5.74) is 3.26. The standard InChI is InChI=1S/C27H28O4Si/c1-5-31-27(30)25(18-26(28)29)32(22-12-6-19(2)7-13-22,23-14-8-20(3)9-15-23)24-16-10-21(4)11-17-24/h6-18H,5H2,1-4H3,(H,28,29)/b25-18+. The summed E-state index contributed by atoms with van der Waals surface area (Å²) in [4.78, 5) is 25.3. The van der Waals surface area contributed by atoms with Gasteiger partial charge in [-0.15, -0.1) is 0 Å². The Morgan fingerprint density at radius 3 is 1.38 bits per heavy atom. The molecule has 0 fully saturated rings. The minimum absolute atomic E-state index is 0.163. The van der Waals surface area contributed by atoms with E-state index in [1.54, 1.807) is 6.92 Å². The zero-order valence-electron chi connectivity index (χ0n) is 18.9. The van der Waals surface area contributed by atoms with Crippen molar-refractivity contribution in [2.75, 3.05) is 6.61 Å². The molecule has 3 aromatic rings. The maximum Gasteiger partial charge on any atom is 0.331 e. The third kappa shape index (κ3) is 4.58. The highest BCUT2D eigenvalue weighted by Gasteiger charge is 2.47. The number of carboxylic acids is 1. The summed E-state index contributed by atoms with van der Waals surface area (Å²) in [5.74, 6) is -1.76. The Morgan fingerprint density at radius 1 is 0.750 bits per heavy atom. The van der Waals surface area contributed by atoms with E-state index < -0.39 is 20.0 Å². The molecule has 4 nitrogen and oxygen atoms in total. The van der Waals surface area contributed by atoms with Gasteiger partial charge in [0.25, 0.3) is 0 Å². The molecule has 0 saturated heterocycles. The van der Waals surface area contributed by atoms with E-state index >= 15 is 0 Å². The monoisotopic (exact) mass is 444 g/mol. The molecule has 0 aliphatic carbocycles. The summed E-state index contributed by atoms with van der Waals surface area (Å²) in [7, 11) is -3.28. The maximum atomic E-state index is 13.3. The van der Waals surface area contributed by atoms with Gasteiger partial charge in [0.1, 0.15) is 0 Å². The van der Waals surface area contributed by atoms with Crippen molar-refractivity contribution in [3.63, 3.8) is 0 Å². The van der Waals surface area contributed by atoms with Crippen molar-refractivity contribution >= 4 is 35.6 Å². The zero-order chi connectivity index (χ0) is 23.3. The van der Waals surface area contributed by atoms with Gasteiger partial charge in [0, 0.05) is 11.3 Å². The molecular weight excluding hydrogens is 416 g/mol. The average molecular weight is 445 g/mol. The summed E-state index contributed by atoms with van der Waals surface area (Å²) in [6.07, 6.45) is 1.05. The van der Waals surface area contributed by atoms with Crippen LogP contribution >= 0.6 is 0 Å². The van der Waals surface area contributed by atoms with Gasteiger partial charge in [0.2, 0.25) is 0 Å². The molecule has 0 unspecified atom stereocenters. The molecule has 5 heteroatoms. The molecule has 0 atom stereocenters. The highest BCUT2D eigenvalue weighted by atomic mass is 28.3. The van der Waals surface area contributed by atoms with Gasteiger partial charge in [-0.1, -0.05) is 89.5 Å². The molecule has 3 aromatic carbocycles. The van der Waals surface area contributed by atoms with E-state index in [2.05, 4.69) is 0 Å². The minimum Gasteiger partial charge on any atom is -0.478 e. The fraction of sp³-hybridized carbons (Fsp3) is 0.185. The third-order valence-electron chi connectivity index (χ3n) is 5.62. The molecule has 3 rings (SSSR count). The highest BCUT2D eigenvalue weighted by molar-refractivity contribution is 7.18. The second-order valence-corrected chi connectivity index (χ2v) is 11.7. The molecule has 0 spiro atoms. The van der Waals surface area contributed by atoms with Gasteiger partial charge in [-0.3, -0.25) is 0 Å². The van der Waals surface area contributed by atoms with E-state index in [4.69, 9.17) is 4.74 Å². The lowest BCUT2D eigenvalue weighted by molar-refractivity contribution is -0.138. The van der Waals surface area contributed by atoms with Crippen molar-refractivity contribution in [2.45, 2.75) is 27.7 Å². The summed E-state index contributed by atoms with van der Waals surface area (Å²) in [6, 6.07) is 24.1. The van der Waals surface area contributed by atoms with E-state index in [1.165, 1.54) is 0 Å². The number of hydrogen-bond acceptors (Lipinski definition) is 3. The Hall–Kier alpha value is -3.44. The first-order valence-electron chi connectivity index (χ1n) is 10.6. The predicted octanol–water partition coefficient (Wildman–Crippen LogP) is 3.20. The summed E-state index contributed by atoms with van der Waals surface area (Å²) in [5, 5.41) is 12.8. The lowest BCUT2D eigenvalue weighted by Crippen LogP contribution is -2.70. The van der Waals surface area contributed by atoms with Crippen molar-refractivity contribution in [3.8, 4) is 0 Å². The second kappa shape index (κ2) is 9.79. The molecule has 0 bridgehead atoms. The number of carbonyl (C=O) groups is 2. The van der Waals surface area contributed by atoms with Gasteiger partial charge in [0.05, 0.1) is 6.61 Å². The molecule has 0 heterocycles. The number of ether oxygens (including phenoxy) is 1. The van der Waals surface area contributed by atoms with Gasteiger partial charge in [-0.25, -0.2) is 9.59 Å². The molecule has 0 aliphatic rings. The van der Waals surface area contributed by atoms with E-state index in [0.29, 0.717) is 0 Å². The Bertz CT molecular complexity index is 1020. The number of aliphatic carboxylic acids is 1. The van der Waals surface area contributed by atoms with Crippen molar-refractivity contribution in [1.29, 1.82) is 0 Å². The molecule has 164 valence electrons. The summed E-state index contributed by atoms with van der Waals surface area (Å²) < 4.78 is 5.41. The summed E-state index contributed by atoms with van der Waals surface area (Å²) in [6.45, 7) is 7.90. The van der Waals surface area contributed by atoms with Crippen LogP contribution in [0.4, 0.5) is 0 Å². The number of aryl methyl sites for hydroxylation is 3. The Morgan fingerprint density at radius 2 is 1.09 bits per heavy atom. The van der Waals surface area contributed by atoms with Crippen LogP contribution in [-0.4, -0.2) is 31.7 Å². The van der Waals surface area contributed by atoms with Crippen molar-refractivity contribution in [3.05, 3.63) is 101 Å². The van der Waals surface area contributed by atoms with Crippen LogP contribution in [0.2, 0.25) is 0 Å². The maximum absolute atomic E-state index is 13.3. The van der Waals surface area contributed by atoms with Gasteiger partial charge in [-0.2, -0.15) is 0 Å². The van der Waals surface area contributed by atoms with Gasteiger partial charge >= 0.3 is 11.9 Å². The minimum atomic E-state index is -3.28. The molecule has 0 radical (unpaired) electrons. The van der Waals surface area contributed by atoms with Gasteiger partial charge in [-0.05, 0) is 43.3 Å². The molecule has 0 amide bonds. The zero-order valence-corrected chi connectivity index (χ0v) is 19.9. The second-order valence-electron chi connectivity index (χ2n) is 7.96. The summed E-state index contributed by atoms with van der Waals surface area (Å²) >= 11 is 0. The first-order valence-corrected chi connectivity index (χ1v) is 12.6. The Kier molecular flexibility index (Phi) is 7.10. The van der Waals surface area contributed by atoms with Crippen LogP contribution in [0.3, 0.4) is 0 Å². The molecule has 1 N–H and O–H groups in total. The number of carboxylic acid groups (broad SMARTS) is 1. The van der Waals surface area contributed by atoms with Crippen LogP contribution in [0.1, 0.15) is 23.6 Å². The van der Waals surface area contributed by atoms with Crippen LogP contribution in [0, 0.1) is 20.8 Å². The predicted molar refractivity (Wildman–Crippen MR) is 131 cm³/mol. The van der Waals surface area contributed by atoms with Crippen LogP contribution in [0.15, 0.2) is 84.1 Å². The van der Waals surface area contributed by atoms with Crippen molar-refractivity contribution in [1.82, 2.24) is 0 Å². The number of benzene rings is 3. The van der Waals surface area contributed by atoms with Gasteiger partial charge < -0.3 is 9.84 Å². The smallest absolute Gasteiger partial charge is 0.331 e. The van der Waals surface area contributed by atoms with Crippen LogP contribution in [0.5, 0.6) is 0 Å². The highest BCUT2D eigenvalue weighted by Crippen LogP contribution is 2.20.